The molecule has 0 bridgehead atoms. The molecule has 2 nitrogen and oxygen atoms in total. The maximum Gasteiger partial charge on any atom is 0.247 e. The maximum atomic E-state index is 10.5. The van der Waals surface area contributed by atoms with E-state index in [1.807, 2.05) is 0 Å². The first-order valence-corrected chi connectivity index (χ1v) is 5.12. The van der Waals surface area contributed by atoms with Crippen LogP contribution in [0, 0.1) is 0 Å². The van der Waals surface area contributed by atoms with Gasteiger partial charge in [-0.2, -0.15) is 0 Å². The molecule has 0 saturated carbocycles. The van der Waals surface area contributed by atoms with Crippen molar-refractivity contribution in [2.45, 2.75) is 38.2 Å². The third kappa shape index (κ3) is 5.06. The molecule has 1 unspecified atom stereocenters. The molecule has 0 aromatic carbocycles. The Balaban J connectivity index is 2.23. The average Bonchev–Trinajstić information content (AvgIpc) is 2.01. The summed E-state index contributed by atoms with van der Waals surface area (Å²) in [6, 6.07) is 0. The van der Waals surface area contributed by atoms with Crippen molar-refractivity contribution in [3.8, 4) is 0 Å². The highest BCUT2D eigenvalue weighted by Gasteiger charge is 2.10. The number of hydrogen-bond donors (Lipinski definition) is 0. The minimum Gasteiger partial charge on any atom is -0.369 e. The van der Waals surface area contributed by atoms with Crippen LogP contribution in [0.2, 0.25) is 0 Å². The van der Waals surface area contributed by atoms with Crippen molar-refractivity contribution in [1.29, 1.82) is 0 Å². The molecule has 0 spiro atoms. The van der Waals surface area contributed by atoms with Crippen LogP contribution in [0.4, 0.5) is 0 Å². The Morgan fingerprint density at radius 2 is 2.15 bits per heavy atom. The lowest BCUT2D eigenvalue weighted by Gasteiger charge is -2.17. The van der Waals surface area contributed by atoms with Gasteiger partial charge in [-0.15, -0.1) is 0 Å². The first-order chi connectivity index (χ1) is 6.29. The molecule has 0 amide bonds. The van der Waals surface area contributed by atoms with Gasteiger partial charge in [-0.05, 0) is 43.7 Å². The molecule has 1 atom stereocenters. The molecule has 1 rings (SSSR count). The van der Waals surface area contributed by atoms with Crippen LogP contribution in [0.25, 0.3) is 0 Å². The minimum absolute atomic E-state index is 0.0515. The molecule has 0 radical (unpaired) electrons. The van der Waals surface area contributed by atoms with Crippen LogP contribution >= 0.6 is 11.6 Å². The van der Waals surface area contributed by atoms with Gasteiger partial charge in [0.15, 0.2) is 0 Å². The van der Waals surface area contributed by atoms with E-state index in [2.05, 4.69) is 12.2 Å². The monoisotopic (exact) mass is 202 g/mol. The van der Waals surface area contributed by atoms with Crippen LogP contribution in [0.15, 0.2) is 12.2 Å². The highest BCUT2D eigenvalue weighted by molar-refractivity contribution is 6.63. The fraction of sp³-hybridized carbons (Fsp3) is 0.700. The van der Waals surface area contributed by atoms with Crippen molar-refractivity contribution >= 4 is 16.8 Å². The molecule has 0 aromatic heterocycles. The Labute approximate surface area is 83.9 Å². The molecule has 0 N–H and O–H groups in total. The molecule has 0 aromatic rings. The van der Waals surface area contributed by atoms with E-state index in [0.29, 0.717) is 0 Å². The molecular weight excluding hydrogens is 188 g/mol. The Hall–Kier alpha value is -0.340. The fourth-order valence-electron chi connectivity index (χ4n) is 1.48. The van der Waals surface area contributed by atoms with Gasteiger partial charge in [0.25, 0.3) is 0 Å². The second-order valence-corrected chi connectivity index (χ2v) is 3.69. The van der Waals surface area contributed by atoms with Crippen LogP contribution in [0.5, 0.6) is 0 Å². The Bertz CT molecular complexity index is 189. The predicted molar refractivity (Wildman–Crippen MR) is 52.8 cm³/mol. The van der Waals surface area contributed by atoms with Gasteiger partial charge in [0.1, 0.15) is 6.61 Å². The summed E-state index contributed by atoms with van der Waals surface area (Å²) >= 11 is 5.19. The summed E-state index contributed by atoms with van der Waals surface area (Å²) in [5.74, 6) is 0. The summed E-state index contributed by atoms with van der Waals surface area (Å²) in [6.45, 7) is 0.0515. The van der Waals surface area contributed by atoms with E-state index in [0.717, 1.165) is 32.1 Å². The van der Waals surface area contributed by atoms with E-state index in [-0.39, 0.29) is 12.7 Å². The molecule has 1 aliphatic rings. The van der Waals surface area contributed by atoms with Crippen LogP contribution < -0.4 is 0 Å². The minimum atomic E-state index is -0.405. The van der Waals surface area contributed by atoms with E-state index in [9.17, 15) is 4.79 Å². The fourth-order valence-corrected chi connectivity index (χ4v) is 1.54. The standard InChI is InChI=1S/C10H15ClO2/c11-10(12)8-13-9-6-4-2-1-3-5-7-9/h1-2,9H,3-8H2/b2-1-. The Kier molecular flexibility index (Phi) is 5.09. The maximum absolute atomic E-state index is 10.5. The predicted octanol–water partition coefficient (Wildman–Crippen LogP) is 2.66. The summed E-state index contributed by atoms with van der Waals surface area (Å²) in [4.78, 5) is 10.5. The topological polar surface area (TPSA) is 26.3 Å². The quantitative estimate of drug-likeness (QED) is 0.520. The van der Waals surface area contributed by atoms with Gasteiger partial charge in [-0.1, -0.05) is 12.2 Å². The SMILES string of the molecule is O=C(Cl)COC1CC/C=C\CCC1. The van der Waals surface area contributed by atoms with Crippen LogP contribution in [0.3, 0.4) is 0 Å². The number of halogens is 1. The lowest BCUT2D eigenvalue weighted by atomic mass is 10.0. The molecule has 0 saturated heterocycles. The van der Waals surface area contributed by atoms with Crippen LogP contribution in [-0.2, 0) is 9.53 Å². The second-order valence-electron chi connectivity index (χ2n) is 3.27. The van der Waals surface area contributed by atoms with E-state index >= 15 is 0 Å². The van der Waals surface area contributed by atoms with Gasteiger partial charge in [-0.25, -0.2) is 0 Å². The van der Waals surface area contributed by atoms with E-state index in [1.165, 1.54) is 0 Å². The summed E-state index contributed by atoms with van der Waals surface area (Å²) in [5.41, 5.74) is 0. The van der Waals surface area contributed by atoms with E-state index < -0.39 is 5.24 Å². The second kappa shape index (κ2) is 6.17. The molecule has 1 aliphatic carbocycles. The first kappa shape index (κ1) is 10.7. The van der Waals surface area contributed by atoms with Crippen LogP contribution in [-0.4, -0.2) is 18.0 Å². The van der Waals surface area contributed by atoms with Gasteiger partial charge >= 0.3 is 0 Å². The Morgan fingerprint density at radius 3 is 2.92 bits per heavy atom. The van der Waals surface area contributed by atoms with E-state index in [4.69, 9.17) is 16.3 Å². The normalized spacial score (nSPS) is 26.1. The Morgan fingerprint density at radius 1 is 1.38 bits per heavy atom. The molecule has 74 valence electrons. The largest absolute Gasteiger partial charge is 0.369 e. The van der Waals surface area contributed by atoms with Crippen molar-refractivity contribution in [2.75, 3.05) is 6.61 Å². The van der Waals surface area contributed by atoms with Crippen molar-refractivity contribution in [2.24, 2.45) is 0 Å². The summed E-state index contributed by atoms with van der Waals surface area (Å²) in [7, 11) is 0. The molecule has 3 heteroatoms. The molecule has 0 fully saturated rings. The smallest absolute Gasteiger partial charge is 0.247 e. The summed E-state index contributed by atoms with van der Waals surface area (Å²) < 4.78 is 5.36. The molecule has 0 heterocycles. The highest BCUT2D eigenvalue weighted by atomic mass is 35.5. The molecular formula is C10H15ClO2. The van der Waals surface area contributed by atoms with Gasteiger partial charge in [0, 0.05) is 0 Å². The van der Waals surface area contributed by atoms with Crippen molar-refractivity contribution in [3.63, 3.8) is 0 Å². The lowest BCUT2D eigenvalue weighted by Crippen LogP contribution is -2.16. The summed E-state index contributed by atoms with van der Waals surface area (Å²) in [6.07, 6.45) is 9.94. The number of hydrogen-bond acceptors (Lipinski definition) is 2. The number of ether oxygens (including phenoxy) is 1. The van der Waals surface area contributed by atoms with Gasteiger partial charge in [0.05, 0.1) is 6.10 Å². The third-order valence-electron chi connectivity index (χ3n) is 2.15. The number of rotatable bonds is 3. The number of allylic oxidation sites excluding steroid dienone is 2. The van der Waals surface area contributed by atoms with Crippen molar-refractivity contribution < 1.29 is 9.53 Å². The number of carbonyl (C=O) groups excluding carboxylic acids is 1. The van der Waals surface area contributed by atoms with E-state index in [1.54, 1.807) is 0 Å². The molecule has 0 aliphatic heterocycles. The third-order valence-corrected chi connectivity index (χ3v) is 2.26. The number of carbonyl (C=O) groups is 1. The van der Waals surface area contributed by atoms with Gasteiger partial charge in [-0.3, -0.25) is 4.79 Å². The van der Waals surface area contributed by atoms with Gasteiger partial charge in [0.2, 0.25) is 5.24 Å². The zero-order chi connectivity index (χ0) is 9.52. The van der Waals surface area contributed by atoms with Crippen LogP contribution in [0.1, 0.15) is 32.1 Å². The summed E-state index contributed by atoms with van der Waals surface area (Å²) in [5, 5.41) is -0.405. The average molecular weight is 203 g/mol. The van der Waals surface area contributed by atoms with Crippen molar-refractivity contribution in [3.05, 3.63) is 12.2 Å². The lowest BCUT2D eigenvalue weighted by molar-refractivity contribution is -0.118. The zero-order valence-corrected chi connectivity index (χ0v) is 8.43. The zero-order valence-electron chi connectivity index (χ0n) is 7.67. The van der Waals surface area contributed by atoms with Gasteiger partial charge < -0.3 is 4.74 Å². The molecule has 13 heavy (non-hydrogen) atoms. The highest BCUT2D eigenvalue weighted by Crippen LogP contribution is 2.15. The first-order valence-electron chi connectivity index (χ1n) is 4.74. The van der Waals surface area contributed by atoms with Crippen molar-refractivity contribution in [1.82, 2.24) is 0 Å².